The minimum atomic E-state index is -0.601. The molecule has 1 aromatic carbocycles. The van der Waals surface area contributed by atoms with Crippen molar-refractivity contribution in [1.29, 1.82) is 0 Å². The van der Waals surface area contributed by atoms with E-state index in [1.54, 1.807) is 31.3 Å². The van der Waals surface area contributed by atoms with E-state index in [1.807, 2.05) is 0 Å². The monoisotopic (exact) mass is 374 g/mol. The van der Waals surface area contributed by atoms with Gasteiger partial charge >= 0.3 is 0 Å². The second-order valence-electron chi connectivity index (χ2n) is 5.64. The van der Waals surface area contributed by atoms with Crippen molar-refractivity contribution in [2.24, 2.45) is 0 Å². The van der Waals surface area contributed by atoms with E-state index < -0.39 is 5.91 Å². The van der Waals surface area contributed by atoms with E-state index in [0.29, 0.717) is 23.2 Å². The van der Waals surface area contributed by atoms with Gasteiger partial charge in [-0.25, -0.2) is 14.4 Å². The molecule has 0 fully saturated rings. The Balaban J connectivity index is 1.89. The number of hydrogen-bond donors (Lipinski definition) is 3. The topological polar surface area (TPSA) is 87.1 Å². The molecule has 3 aromatic rings. The molecule has 26 heavy (non-hydrogen) atoms. The van der Waals surface area contributed by atoms with E-state index >= 15 is 0 Å². The van der Waals surface area contributed by atoms with Crippen LogP contribution < -0.4 is 10.6 Å². The molecule has 0 aliphatic heterocycles. The molecule has 0 radical (unpaired) electrons. The molecule has 6 nitrogen and oxygen atoms in total. The van der Waals surface area contributed by atoms with Gasteiger partial charge in [0.15, 0.2) is 11.4 Å². The SMILES string of the molecule is CNCc1ccc2c(Cl)nc(C(=O)NCc3ccc(F)cc3)c(O)c2n1. The summed E-state index contributed by atoms with van der Waals surface area (Å²) in [4.78, 5) is 20.7. The highest BCUT2D eigenvalue weighted by atomic mass is 35.5. The van der Waals surface area contributed by atoms with Crippen LogP contribution in [0.5, 0.6) is 5.75 Å². The first kappa shape index (κ1) is 18.0. The number of amides is 1. The summed E-state index contributed by atoms with van der Waals surface area (Å²) in [6.07, 6.45) is 0. The van der Waals surface area contributed by atoms with E-state index in [1.165, 1.54) is 12.1 Å². The van der Waals surface area contributed by atoms with Crippen molar-refractivity contribution in [2.75, 3.05) is 7.05 Å². The molecule has 0 unspecified atom stereocenters. The summed E-state index contributed by atoms with van der Waals surface area (Å²) in [5, 5.41) is 16.6. The van der Waals surface area contributed by atoms with Gasteiger partial charge in [-0.1, -0.05) is 23.7 Å². The molecule has 8 heteroatoms. The number of halogens is 2. The molecule has 0 aliphatic rings. The number of nitrogens with zero attached hydrogens (tertiary/aromatic N) is 2. The smallest absolute Gasteiger partial charge is 0.274 e. The zero-order valence-corrected chi connectivity index (χ0v) is 14.6. The average molecular weight is 375 g/mol. The van der Waals surface area contributed by atoms with Crippen molar-refractivity contribution < 1.29 is 14.3 Å². The fraction of sp³-hybridized carbons (Fsp3) is 0.167. The van der Waals surface area contributed by atoms with Crippen molar-refractivity contribution in [3.63, 3.8) is 0 Å². The van der Waals surface area contributed by atoms with Gasteiger partial charge in [-0.15, -0.1) is 0 Å². The Labute approximate surface area is 154 Å². The first-order chi connectivity index (χ1) is 12.5. The maximum Gasteiger partial charge on any atom is 0.274 e. The van der Waals surface area contributed by atoms with Gasteiger partial charge in [0.1, 0.15) is 16.5 Å². The van der Waals surface area contributed by atoms with Gasteiger partial charge in [0.05, 0.1) is 5.69 Å². The third kappa shape index (κ3) is 3.74. The highest BCUT2D eigenvalue weighted by Crippen LogP contribution is 2.30. The van der Waals surface area contributed by atoms with Crippen LogP contribution in [-0.2, 0) is 13.1 Å². The standard InChI is InChI=1S/C18H16ClFN4O2/c1-21-9-12-6-7-13-14(23-12)16(25)15(24-17(13)19)18(26)22-8-10-2-4-11(20)5-3-10/h2-7,21,25H,8-9H2,1H3,(H,22,26). The summed E-state index contributed by atoms with van der Waals surface area (Å²) in [5.41, 5.74) is 1.40. The molecule has 0 saturated carbocycles. The molecule has 2 aromatic heterocycles. The van der Waals surface area contributed by atoms with Crippen LogP contribution in [0.2, 0.25) is 5.15 Å². The lowest BCUT2D eigenvalue weighted by atomic mass is 10.2. The van der Waals surface area contributed by atoms with Crippen LogP contribution in [0.15, 0.2) is 36.4 Å². The zero-order chi connectivity index (χ0) is 18.7. The number of pyridine rings is 2. The van der Waals surface area contributed by atoms with Crippen molar-refractivity contribution >= 4 is 28.4 Å². The second-order valence-corrected chi connectivity index (χ2v) is 6.00. The minimum absolute atomic E-state index is 0.0771. The highest BCUT2D eigenvalue weighted by Gasteiger charge is 2.19. The van der Waals surface area contributed by atoms with Crippen LogP contribution in [0.25, 0.3) is 10.9 Å². The molecule has 2 heterocycles. The Hall–Kier alpha value is -2.77. The van der Waals surface area contributed by atoms with E-state index in [0.717, 1.165) is 0 Å². The van der Waals surface area contributed by atoms with Crippen LogP contribution in [0.3, 0.4) is 0 Å². The molecule has 1 amide bonds. The fourth-order valence-corrected chi connectivity index (χ4v) is 2.71. The van der Waals surface area contributed by atoms with E-state index in [-0.39, 0.29) is 34.5 Å². The summed E-state index contributed by atoms with van der Waals surface area (Å²) in [6.45, 7) is 0.657. The number of carbonyl (C=O) groups is 1. The van der Waals surface area contributed by atoms with Crippen molar-refractivity contribution in [2.45, 2.75) is 13.1 Å². The first-order valence-electron chi connectivity index (χ1n) is 7.85. The number of aromatic hydroxyl groups is 1. The number of nitrogens with one attached hydrogen (secondary N) is 2. The van der Waals surface area contributed by atoms with Crippen LogP contribution in [0.4, 0.5) is 4.39 Å². The molecular formula is C18H16ClFN4O2. The molecular weight excluding hydrogens is 359 g/mol. The Morgan fingerprint density at radius 2 is 1.88 bits per heavy atom. The van der Waals surface area contributed by atoms with Crippen LogP contribution in [-0.4, -0.2) is 28.0 Å². The number of hydrogen-bond acceptors (Lipinski definition) is 5. The van der Waals surface area contributed by atoms with Crippen LogP contribution in [0, 0.1) is 5.82 Å². The Kier molecular flexibility index (Phi) is 5.29. The Bertz CT molecular complexity index is 964. The number of benzene rings is 1. The molecule has 0 bridgehead atoms. The van der Waals surface area contributed by atoms with Crippen molar-refractivity contribution in [3.8, 4) is 5.75 Å². The van der Waals surface area contributed by atoms with Gasteiger partial charge in [0, 0.05) is 18.5 Å². The first-order valence-corrected chi connectivity index (χ1v) is 8.22. The molecule has 0 atom stereocenters. The Morgan fingerprint density at radius 3 is 2.58 bits per heavy atom. The van der Waals surface area contributed by atoms with Gasteiger partial charge in [-0.05, 0) is 36.9 Å². The predicted molar refractivity (Wildman–Crippen MR) is 96.5 cm³/mol. The van der Waals surface area contributed by atoms with Gasteiger partial charge in [-0.2, -0.15) is 0 Å². The van der Waals surface area contributed by atoms with E-state index in [4.69, 9.17) is 11.6 Å². The lowest BCUT2D eigenvalue weighted by Crippen LogP contribution is -2.24. The van der Waals surface area contributed by atoms with Gasteiger partial charge < -0.3 is 15.7 Å². The van der Waals surface area contributed by atoms with Crippen molar-refractivity contribution in [3.05, 3.63) is 64.3 Å². The quantitative estimate of drug-likeness (QED) is 0.598. The maximum absolute atomic E-state index is 12.9. The third-order valence-electron chi connectivity index (χ3n) is 3.77. The summed E-state index contributed by atoms with van der Waals surface area (Å²) >= 11 is 6.14. The van der Waals surface area contributed by atoms with Gasteiger partial charge in [0.2, 0.25) is 0 Å². The van der Waals surface area contributed by atoms with Crippen molar-refractivity contribution in [1.82, 2.24) is 20.6 Å². The summed E-state index contributed by atoms with van der Waals surface area (Å²) in [7, 11) is 1.78. The van der Waals surface area contributed by atoms with Crippen LogP contribution in [0.1, 0.15) is 21.7 Å². The van der Waals surface area contributed by atoms with E-state index in [9.17, 15) is 14.3 Å². The molecule has 0 spiro atoms. The van der Waals surface area contributed by atoms with Gasteiger partial charge in [0.25, 0.3) is 5.91 Å². The predicted octanol–water partition coefficient (Wildman–Crippen LogP) is 2.78. The summed E-state index contributed by atoms with van der Waals surface area (Å²) in [6, 6.07) is 9.18. The molecule has 3 rings (SSSR count). The second kappa shape index (κ2) is 7.63. The van der Waals surface area contributed by atoms with Gasteiger partial charge in [-0.3, -0.25) is 4.79 Å². The van der Waals surface area contributed by atoms with Crippen LogP contribution >= 0.6 is 11.6 Å². The molecule has 134 valence electrons. The summed E-state index contributed by atoms with van der Waals surface area (Å²) < 4.78 is 12.9. The molecule has 3 N–H and O–H groups in total. The highest BCUT2D eigenvalue weighted by molar-refractivity contribution is 6.34. The average Bonchev–Trinajstić information content (AvgIpc) is 2.64. The number of aromatic nitrogens is 2. The molecule has 0 saturated heterocycles. The fourth-order valence-electron chi connectivity index (χ4n) is 2.48. The lowest BCUT2D eigenvalue weighted by molar-refractivity contribution is 0.0943. The Morgan fingerprint density at radius 1 is 1.15 bits per heavy atom. The third-order valence-corrected chi connectivity index (χ3v) is 4.06. The maximum atomic E-state index is 12.9. The minimum Gasteiger partial charge on any atom is -0.504 e. The number of rotatable bonds is 5. The lowest BCUT2D eigenvalue weighted by Gasteiger charge is -2.10. The number of carbonyl (C=O) groups excluding carboxylic acids is 1. The largest absolute Gasteiger partial charge is 0.504 e. The van der Waals surface area contributed by atoms with E-state index in [2.05, 4.69) is 20.6 Å². The zero-order valence-electron chi connectivity index (χ0n) is 13.9. The summed E-state index contributed by atoms with van der Waals surface area (Å²) in [5.74, 6) is -1.29. The normalized spacial score (nSPS) is 10.9. The molecule has 0 aliphatic carbocycles. The number of fused-ring (bicyclic) bond motifs is 1.